The summed E-state index contributed by atoms with van der Waals surface area (Å²) in [6, 6.07) is 4.10. The number of carbonyl (C=O) groups is 2. The number of halogens is 1. The number of likely N-dealkylation sites (tertiary alicyclic amines) is 1. The Balaban J connectivity index is 2.06. The smallest absolute Gasteiger partial charge is 0.236 e. The zero-order valence-electron chi connectivity index (χ0n) is 10.1. The van der Waals surface area contributed by atoms with E-state index in [0.29, 0.717) is 30.6 Å². The summed E-state index contributed by atoms with van der Waals surface area (Å²) in [4.78, 5) is 24.3. The van der Waals surface area contributed by atoms with Crippen molar-refractivity contribution in [3.05, 3.63) is 29.6 Å². The first-order valence-corrected chi connectivity index (χ1v) is 6.10. The third-order valence-corrected chi connectivity index (χ3v) is 3.93. The summed E-state index contributed by atoms with van der Waals surface area (Å²) in [6.07, 6.45) is -0.229. The molecule has 1 N–H and O–H groups in total. The van der Waals surface area contributed by atoms with Gasteiger partial charge in [-0.1, -0.05) is 0 Å². The predicted octanol–water partition coefficient (Wildman–Crippen LogP) is 0.455. The first kappa shape index (κ1) is 12.0. The van der Waals surface area contributed by atoms with E-state index in [1.54, 1.807) is 0 Å². The molecule has 2 amide bonds. The Hall–Kier alpha value is -2.11. The van der Waals surface area contributed by atoms with Crippen molar-refractivity contribution >= 4 is 17.7 Å². The summed E-state index contributed by atoms with van der Waals surface area (Å²) in [5, 5.41) is 13.7. The third-order valence-electron chi connectivity index (χ3n) is 3.93. The molecule has 1 atom stereocenters. The first-order chi connectivity index (χ1) is 9.03. The van der Waals surface area contributed by atoms with Gasteiger partial charge in [0.15, 0.2) is 0 Å². The predicted molar refractivity (Wildman–Crippen MR) is 62.9 cm³/mol. The largest absolute Gasteiger partial charge is 0.530 e. The molecule has 2 aliphatic heterocycles. The molecule has 2 heterocycles. The number of rotatable bonds is 0. The van der Waals surface area contributed by atoms with E-state index in [1.165, 1.54) is 18.2 Å². The Morgan fingerprint density at radius 2 is 2.26 bits per heavy atom. The SMILES string of the molecule is O=C([O-])N1CCCC2(C1)C(=O)Nc1ccc(F)cc12. The van der Waals surface area contributed by atoms with Gasteiger partial charge in [0.25, 0.3) is 0 Å². The van der Waals surface area contributed by atoms with E-state index in [0.717, 1.165) is 4.90 Å². The fourth-order valence-corrected chi connectivity index (χ4v) is 3.00. The van der Waals surface area contributed by atoms with Crippen LogP contribution in [0.5, 0.6) is 0 Å². The monoisotopic (exact) mass is 263 g/mol. The molecule has 3 rings (SSSR count). The zero-order valence-corrected chi connectivity index (χ0v) is 10.1. The maximum absolute atomic E-state index is 13.4. The lowest BCUT2D eigenvalue weighted by atomic mass is 9.75. The number of benzene rings is 1. The van der Waals surface area contributed by atoms with E-state index in [4.69, 9.17) is 0 Å². The topological polar surface area (TPSA) is 72.5 Å². The first-order valence-electron chi connectivity index (χ1n) is 6.10. The Bertz CT molecular complexity index is 575. The van der Waals surface area contributed by atoms with Crippen LogP contribution < -0.4 is 10.4 Å². The second-order valence-corrected chi connectivity index (χ2v) is 5.02. The second kappa shape index (κ2) is 3.94. The van der Waals surface area contributed by atoms with Crippen molar-refractivity contribution in [1.82, 2.24) is 4.90 Å². The van der Waals surface area contributed by atoms with Gasteiger partial charge in [0, 0.05) is 18.8 Å². The van der Waals surface area contributed by atoms with Gasteiger partial charge in [-0.2, -0.15) is 0 Å². The summed E-state index contributed by atoms with van der Waals surface area (Å²) >= 11 is 0. The molecule has 0 radical (unpaired) electrons. The fourth-order valence-electron chi connectivity index (χ4n) is 3.00. The van der Waals surface area contributed by atoms with Gasteiger partial charge in [0.2, 0.25) is 5.91 Å². The van der Waals surface area contributed by atoms with Crippen molar-refractivity contribution < 1.29 is 19.1 Å². The number of hydrogen-bond donors (Lipinski definition) is 1. The molecule has 5 nitrogen and oxygen atoms in total. The molecule has 6 heteroatoms. The zero-order chi connectivity index (χ0) is 13.6. The Morgan fingerprint density at radius 3 is 3.00 bits per heavy atom. The van der Waals surface area contributed by atoms with Gasteiger partial charge >= 0.3 is 0 Å². The van der Waals surface area contributed by atoms with Crippen LogP contribution in [0.1, 0.15) is 18.4 Å². The van der Waals surface area contributed by atoms with Crippen molar-refractivity contribution in [3.8, 4) is 0 Å². The summed E-state index contributed by atoms with van der Waals surface area (Å²) in [5.41, 5.74) is 0.130. The van der Waals surface area contributed by atoms with Gasteiger partial charge in [0.1, 0.15) is 11.9 Å². The number of fused-ring (bicyclic) bond motifs is 2. The number of carbonyl (C=O) groups excluding carboxylic acids is 2. The van der Waals surface area contributed by atoms with E-state index < -0.39 is 17.3 Å². The average Bonchev–Trinajstić information content (AvgIpc) is 2.63. The highest BCUT2D eigenvalue weighted by Crippen LogP contribution is 2.43. The van der Waals surface area contributed by atoms with Crippen molar-refractivity contribution in [3.63, 3.8) is 0 Å². The number of nitrogens with zero attached hydrogens (tertiary/aromatic N) is 1. The molecule has 1 fully saturated rings. The van der Waals surface area contributed by atoms with Gasteiger partial charge in [-0.3, -0.25) is 4.79 Å². The third kappa shape index (κ3) is 1.67. The van der Waals surface area contributed by atoms with Crippen LogP contribution in [0.4, 0.5) is 14.9 Å². The quantitative estimate of drug-likeness (QED) is 0.739. The summed E-state index contributed by atoms with van der Waals surface area (Å²) in [7, 11) is 0. The standard InChI is InChI=1S/C13H13FN2O3/c14-8-2-3-10-9(6-8)13(11(17)15-10)4-1-5-16(7-13)12(18)19/h2-3,6H,1,4-5,7H2,(H,15,17)(H,18,19)/p-1. The molecule has 100 valence electrons. The van der Waals surface area contributed by atoms with Gasteiger partial charge in [0.05, 0.1) is 5.41 Å². The van der Waals surface area contributed by atoms with Crippen LogP contribution >= 0.6 is 0 Å². The second-order valence-electron chi connectivity index (χ2n) is 5.02. The highest BCUT2D eigenvalue weighted by molar-refractivity contribution is 6.06. The Labute approximate surface area is 109 Å². The number of piperidine rings is 1. The van der Waals surface area contributed by atoms with Crippen LogP contribution in [-0.4, -0.2) is 30.0 Å². The molecule has 19 heavy (non-hydrogen) atoms. The minimum absolute atomic E-state index is 0.0254. The molecule has 1 unspecified atom stereocenters. The average molecular weight is 263 g/mol. The van der Waals surface area contributed by atoms with Gasteiger partial charge in [-0.15, -0.1) is 0 Å². The lowest BCUT2D eigenvalue weighted by molar-refractivity contribution is -0.267. The molecule has 2 aliphatic rings. The molecule has 0 bridgehead atoms. The van der Waals surface area contributed by atoms with Crippen LogP contribution in [0, 0.1) is 5.82 Å². The molecule has 0 saturated carbocycles. The van der Waals surface area contributed by atoms with Crippen LogP contribution in [0.25, 0.3) is 0 Å². The van der Waals surface area contributed by atoms with Gasteiger partial charge < -0.3 is 20.1 Å². The molecule has 1 aromatic rings. The highest BCUT2D eigenvalue weighted by Gasteiger charge is 2.49. The van der Waals surface area contributed by atoms with Crippen LogP contribution in [-0.2, 0) is 10.2 Å². The molecular formula is C13H12FN2O3-. The fraction of sp³-hybridized carbons (Fsp3) is 0.385. The minimum atomic E-state index is -1.29. The Kier molecular flexibility index (Phi) is 2.48. The van der Waals surface area contributed by atoms with Crippen LogP contribution in [0.3, 0.4) is 0 Å². The summed E-state index contributed by atoms with van der Waals surface area (Å²) in [6.45, 7) is 0.375. The minimum Gasteiger partial charge on any atom is -0.530 e. The summed E-state index contributed by atoms with van der Waals surface area (Å²) < 4.78 is 13.4. The van der Waals surface area contributed by atoms with E-state index in [1.807, 2.05) is 0 Å². The van der Waals surface area contributed by atoms with Crippen LogP contribution in [0.2, 0.25) is 0 Å². The molecule has 1 spiro atoms. The van der Waals surface area contributed by atoms with E-state index in [-0.39, 0.29) is 12.5 Å². The van der Waals surface area contributed by atoms with Crippen molar-refractivity contribution in [2.24, 2.45) is 0 Å². The normalized spacial score (nSPS) is 25.3. The van der Waals surface area contributed by atoms with Crippen molar-refractivity contribution in [1.29, 1.82) is 0 Å². The van der Waals surface area contributed by atoms with Crippen LogP contribution in [0.15, 0.2) is 18.2 Å². The van der Waals surface area contributed by atoms with Crippen molar-refractivity contribution in [2.75, 3.05) is 18.4 Å². The number of anilines is 1. The van der Waals surface area contributed by atoms with Gasteiger partial charge in [-0.25, -0.2) is 4.39 Å². The highest BCUT2D eigenvalue weighted by atomic mass is 19.1. The lowest BCUT2D eigenvalue weighted by Gasteiger charge is -2.40. The number of nitrogens with one attached hydrogen (secondary N) is 1. The van der Waals surface area contributed by atoms with Crippen molar-refractivity contribution in [2.45, 2.75) is 18.3 Å². The lowest BCUT2D eigenvalue weighted by Crippen LogP contribution is -2.55. The molecular weight excluding hydrogens is 251 g/mol. The number of amides is 2. The molecule has 0 aromatic heterocycles. The van der Waals surface area contributed by atoms with E-state index >= 15 is 0 Å². The maximum atomic E-state index is 13.4. The number of hydrogen-bond acceptors (Lipinski definition) is 3. The van der Waals surface area contributed by atoms with E-state index in [2.05, 4.69) is 5.32 Å². The van der Waals surface area contributed by atoms with Gasteiger partial charge in [-0.05, 0) is 36.6 Å². The maximum Gasteiger partial charge on any atom is 0.236 e. The molecule has 0 aliphatic carbocycles. The number of carboxylic acid groups (broad SMARTS) is 1. The molecule has 1 saturated heterocycles. The summed E-state index contributed by atoms with van der Waals surface area (Å²) in [5.74, 6) is -0.695. The molecule has 1 aromatic carbocycles. The Morgan fingerprint density at radius 1 is 1.47 bits per heavy atom. The van der Waals surface area contributed by atoms with E-state index in [9.17, 15) is 19.1 Å².